The van der Waals surface area contributed by atoms with Crippen molar-refractivity contribution in [3.05, 3.63) is 17.7 Å². The topological polar surface area (TPSA) is 67.8 Å². The normalized spacial score (nSPS) is 11.5. The van der Waals surface area contributed by atoms with Crippen molar-refractivity contribution in [2.24, 2.45) is 0 Å². The summed E-state index contributed by atoms with van der Waals surface area (Å²) in [4.78, 5) is 11.7. The number of esters is 1. The highest BCUT2D eigenvalue weighted by atomic mass is 35.5. The SMILES string of the molecule is CCCOc1c(NC(C)C)ccc(C(C)C(=O)OC)c1O.Cl. The molecule has 1 rings (SSSR count). The minimum absolute atomic E-state index is 0. The summed E-state index contributed by atoms with van der Waals surface area (Å²) in [5.41, 5.74) is 1.22. The van der Waals surface area contributed by atoms with Crippen molar-refractivity contribution in [1.82, 2.24) is 0 Å². The number of anilines is 1. The van der Waals surface area contributed by atoms with Crippen LogP contribution in [0.15, 0.2) is 12.1 Å². The van der Waals surface area contributed by atoms with Gasteiger partial charge >= 0.3 is 5.97 Å². The highest BCUT2D eigenvalue weighted by Crippen LogP contribution is 2.41. The van der Waals surface area contributed by atoms with Crippen molar-refractivity contribution in [3.8, 4) is 11.5 Å². The smallest absolute Gasteiger partial charge is 0.312 e. The largest absolute Gasteiger partial charge is 0.504 e. The fraction of sp³-hybridized carbons (Fsp3) is 0.562. The molecule has 1 unspecified atom stereocenters. The lowest BCUT2D eigenvalue weighted by Crippen LogP contribution is -2.14. The highest BCUT2D eigenvalue weighted by molar-refractivity contribution is 5.85. The number of phenolic OH excluding ortho intramolecular Hbond substituents is 1. The zero-order valence-electron chi connectivity index (χ0n) is 13.8. The molecule has 0 aliphatic rings. The van der Waals surface area contributed by atoms with Gasteiger partial charge in [-0.2, -0.15) is 0 Å². The van der Waals surface area contributed by atoms with Crippen LogP contribution >= 0.6 is 12.4 Å². The number of hydrogen-bond donors (Lipinski definition) is 2. The second-order valence-electron chi connectivity index (χ2n) is 5.27. The molecule has 0 aliphatic heterocycles. The molecule has 2 N–H and O–H groups in total. The van der Waals surface area contributed by atoms with Crippen LogP contribution in [0.1, 0.15) is 45.6 Å². The molecule has 0 radical (unpaired) electrons. The molecule has 0 saturated heterocycles. The highest BCUT2D eigenvalue weighted by Gasteiger charge is 2.23. The maximum absolute atomic E-state index is 11.7. The Morgan fingerprint density at radius 3 is 2.45 bits per heavy atom. The molecule has 0 amide bonds. The summed E-state index contributed by atoms with van der Waals surface area (Å²) in [5, 5.41) is 13.7. The van der Waals surface area contributed by atoms with Crippen LogP contribution in [0.5, 0.6) is 11.5 Å². The molecule has 0 fully saturated rings. The summed E-state index contributed by atoms with van der Waals surface area (Å²) in [6.45, 7) is 8.20. The van der Waals surface area contributed by atoms with Crippen LogP contribution in [0.2, 0.25) is 0 Å². The van der Waals surface area contributed by atoms with Crippen molar-refractivity contribution in [1.29, 1.82) is 0 Å². The van der Waals surface area contributed by atoms with Gasteiger partial charge in [-0.05, 0) is 33.3 Å². The number of methoxy groups -OCH3 is 1. The molecule has 22 heavy (non-hydrogen) atoms. The van der Waals surface area contributed by atoms with Crippen molar-refractivity contribution in [3.63, 3.8) is 0 Å². The molecule has 0 spiro atoms. The number of benzene rings is 1. The minimum Gasteiger partial charge on any atom is -0.504 e. The van der Waals surface area contributed by atoms with Gasteiger partial charge in [-0.3, -0.25) is 4.79 Å². The number of hydrogen-bond acceptors (Lipinski definition) is 5. The second kappa shape index (κ2) is 9.41. The van der Waals surface area contributed by atoms with E-state index in [1.807, 2.05) is 26.8 Å². The molecule has 0 bridgehead atoms. The summed E-state index contributed by atoms with van der Waals surface area (Å²) in [7, 11) is 1.33. The lowest BCUT2D eigenvalue weighted by Gasteiger charge is -2.20. The van der Waals surface area contributed by atoms with Gasteiger partial charge in [0.15, 0.2) is 11.5 Å². The third-order valence-corrected chi connectivity index (χ3v) is 3.08. The third kappa shape index (κ3) is 4.98. The number of phenols is 1. The number of halogens is 1. The molecule has 0 aromatic heterocycles. The molecule has 0 heterocycles. The van der Waals surface area contributed by atoms with E-state index in [0.29, 0.717) is 17.9 Å². The van der Waals surface area contributed by atoms with Gasteiger partial charge in [-0.25, -0.2) is 0 Å². The van der Waals surface area contributed by atoms with Crippen LogP contribution in [0.25, 0.3) is 0 Å². The van der Waals surface area contributed by atoms with E-state index in [2.05, 4.69) is 5.32 Å². The predicted octanol–water partition coefficient (Wildman–Crippen LogP) is 3.70. The van der Waals surface area contributed by atoms with E-state index in [9.17, 15) is 9.90 Å². The number of rotatable bonds is 7. The monoisotopic (exact) mass is 331 g/mol. The van der Waals surface area contributed by atoms with Crippen molar-refractivity contribution >= 4 is 24.1 Å². The molecule has 1 aromatic rings. The first kappa shape index (κ1) is 20.4. The molecule has 0 saturated carbocycles. The lowest BCUT2D eigenvalue weighted by molar-refractivity contribution is -0.142. The van der Waals surface area contributed by atoms with Crippen molar-refractivity contribution in [2.75, 3.05) is 19.0 Å². The van der Waals surface area contributed by atoms with Crippen LogP contribution in [0.4, 0.5) is 5.69 Å². The van der Waals surface area contributed by atoms with Crippen LogP contribution in [-0.2, 0) is 9.53 Å². The molecule has 0 aliphatic carbocycles. The van der Waals surface area contributed by atoms with E-state index in [1.165, 1.54) is 7.11 Å². The molecule has 126 valence electrons. The Labute approximate surface area is 138 Å². The maximum Gasteiger partial charge on any atom is 0.312 e. The summed E-state index contributed by atoms with van der Waals surface area (Å²) >= 11 is 0. The number of carbonyl (C=O) groups excluding carboxylic acids is 1. The minimum atomic E-state index is -0.549. The molecular weight excluding hydrogens is 306 g/mol. The van der Waals surface area contributed by atoms with E-state index >= 15 is 0 Å². The number of carbonyl (C=O) groups is 1. The molecule has 1 atom stereocenters. The number of nitrogens with one attached hydrogen (secondary N) is 1. The molecular formula is C16H26ClNO4. The van der Waals surface area contributed by atoms with Gasteiger partial charge in [0, 0.05) is 11.6 Å². The fourth-order valence-electron chi connectivity index (χ4n) is 2.01. The summed E-state index contributed by atoms with van der Waals surface area (Å²) in [6.07, 6.45) is 0.831. The first-order valence-electron chi connectivity index (χ1n) is 7.25. The van der Waals surface area contributed by atoms with Crippen molar-refractivity contribution in [2.45, 2.75) is 46.1 Å². The first-order chi connectivity index (χ1) is 9.92. The molecule has 6 heteroatoms. The predicted molar refractivity (Wildman–Crippen MR) is 90.3 cm³/mol. The summed E-state index contributed by atoms with van der Waals surface area (Å²) in [5.74, 6) is -0.561. The first-order valence-corrected chi connectivity index (χ1v) is 7.25. The Balaban J connectivity index is 0.00000441. The van der Waals surface area contributed by atoms with Gasteiger partial charge in [-0.1, -0.05) is 13.0 Å². The molecule has 5 nitrogen and oxygen atoms in total. The van der Waals surface area contributed by atoms with Crippen LogP contribution < -0.4 is 10.1 Å². The fourth-order valence-corrected chi connectivity index (χ4v) is 2.01. The van der Waals surface area contributed by atoms with E-state index in [4.69, 9.17) is 9.47 Å². The van der Waals surface area contributed by atoms with Gasteiger partial charge in [0.1, 0.15) is 0 Å². The molecule has 1 aromatic carbocycles. The zero-order chi connectivity index (χ0) is 16.0. The van der Waals surface area contributed by atoms with E-state index < -0.39 is 11.9 Å². The Bertz CT molecular complexity index is 491. The lowest BCUT2D eigenvalue weighted by atomic mass is 9.99. The Morgan fingerprint density at radius 1 is 1.32 bits per heavy atom. The Morgan fingerprint density at radius 2 is 1.95 bits per heavy atom. The zero-order valence-corrected chi connectivity index (χ0v) is 14.6. The van der Waals surface area contributed by atoms with Crippen LogP contribution in [0.3, 0.4) is 0 Å². The summed E-state index contributed by atoms with van der Waals surface area (Å²) < 4.78 is 10.4. The van der Waals surface area contributed by atoms with E-state index in [0.717, 1.165) is 12.1 Å². The van der Waals surface area contributed by atoms with Gasteiger partial charge in [-0.15, -0.1) is 12.4 Å². The average Bonchev–Trinajstić information content (AvgIpc) is 2.45. The maximum atomic E-state index is 11.7. The Hall–Kier alpha value is -1.62. The number of aromatic hydroxyl groups is 1. The average molecular weight is 332 g/mol. The standard InChI is InChI=1S/C16H25NO4.ClH/c1-6-9-21-15-13(17-10(2)3)8-7-12(14(15)18)11(4)16(19)20-5;/h7-8,10-11,17-18H,6,9H2,1-5H3;1H. The number of ether oxygens (including phenoxy) is 2. The van der Waals surface area contributed by atoms with Gasteiger partial charge in [0.2, 0.25) is 0 Å². The van der Waals surface area contributed by atoms with E-state index in [1.54, 1.807) is 13.0 Å². The van der Waals surface area contributed by atoms with Crippen molar-refractivity contribution < 1.29 is 19.4 Å². The third-order valence-electron chi connectivity index (χ3n) is 3.08. The van der Waals surface area contributed by atoms with Crippen LogP contribution in [-0.4, -0.2) is 30.8 Å². The second-order valence-corrected chi connectivity index (χ2v) is 5.27. The van der Waals surface area contributed by atoms with Gasteiger partial charge in [0.25, 0.3) is 0 Å². The van der Waals surface area contributed by atoms with Gasteiger partial charge in [0.05, 0.1) is 25.3 Å². The van der Waals surface area contributed by atoms with Gasteiger partial charge < -0.3 is 19.9 Å². The quantitative estimate of drug-likeness (QED) is 0.746. The summed E-state index contributed by atoms with van der Waals surface area (Å²) in [6, 6.07) is 3.75. The van der Waals surface area contributed by atoms with E-state index in [-0.39, 0.29) is 24.2 Å². The Kier molecular flexibility index (Phi) is 8.72. The van der Waals surface area contributed by atoms with Crippen LogP contribution in [0, 0.1) is 0 Å².